The standard InChI is InChI=1S/C12H7BrN2/c13-11-6-5-9(3-1-7-14)12-10(11)4-2-8-15-12/h1-6,8H/b3-1+. The summed E-state index contributed by atoms with van der Waals surface area (Å²) in [6.45, 7) is 0. The van der Waals surface area contributed by atoms with Gasteiger partial charge in [0.25, 0.3) is 0 Å². The van der Waals surface area contributed by atoms with E-state index in [2.05, 4.69) is 20.9 Å². The second-order valence-electron chi connectivity index (χ2n) is 3.00. The van der Waals surface area contributed by atoms with E-state index in [4.69, 9.17) is 5.26 Å². The van der Waals surface area contributed by atoms with Gasteiger partial charge < -0.3 is 0 Å². The zero-order valence-electron chi connectivity index (χ0n) is 7.81. The zero-order valence-corrected chi connectivity index (χ0v) is 9.40. The first-order chi connectivity index (χ1) is 7.33. The van der Waals surface area contributed by atoms with E-state index in [1.807, 2.05) is 30.3 Å². The van der Waals surface area contributed by atoms with Crippen molar-refractivity contribution in [3.63, 3.8) is 0 Å². The molecule has 0 N–H and O–H groups in total. The molecule has 15 heavy (non-hydrogen) atoms. The van der Waals surface area contributed by atoms with Crippen LogP contribution in [0.1, 0.15) is 5.56 Å². The maximum Gasteiger partial charge on any atom is 0.0912 e. The molecule has 1 heterocycles. The van der Waals surface area contributed by atoms with Crippen LogP contribution in [0, 0.1) is 11.3 Å². The molecule has 0 aliphatic carbocycles. The average Bonchev–Trinajstić information content (AvgIpc) is 2.29. The van der Waals surface area contributed by atoms with Gasteiger partial charge in [0.05, 0.1) is 11.6 Å². The van der Waals surface area contributed by atoms with Crippen molar-refractivity contribution in [2.24, 2.45) is 0 Å². The van der Waals surface area contributed by atoms with E-state index >= 15 is 0 Å². The molecule has 0 saturated heterocycles. The van der Waals surface area contributed by atoms with Gasteiger partial charge in [0.2, 0.25) is 0 Å². The molecule has 0 spiro atoms. The fraction of sp³-hybridized carbons (Fsp3) is 0. The molecule has 0 atom stereocenters. The summed E-state index contributed by atoms with van der Waals surface area (Å²) < 4.78 is 1.01. The highest BCUT2D eigenvalue weighted by atomic mass is 79.9. The maximum absolute atomic E-state index is 8.49. The second-order valence-corrected chi connectivity index (χ2v) is 3.85. The molecule has 0 aliphatic rings. The van der Waals surface area contributed by atoms with E-state index in [0.29, 0.717) is 0 Å². The predicted molar refractivity (Wildman–Crippen MR) is 64.1 cm³/mol. The molecule has 72 valence electrons. The second kappa shape index (κ2) is 4.24. The summed E-state index contributed by atoms with van der Waals surface area (Å²) in [5.74, 6) is 0. The van der Waals surface area contributed by atoms with Gasteiger partial charge in [-0.15, -0.1) is 0 Å². The van der Waals surface area contributed by atoms with Gasteiger partial charge in [0.15, 0.2) is 0 Å². The number of aromatic nitrogens is 1. The zero-order chi connectivity index (χ0) is 10.7. The third-order valence-electron chi connectivity index (χ3n) is 2.09. The van der Waals surface area contributed by atoms with Crippen molar-refractivity contribution in [2.75, 3.05) is 0 Å². The number of fused-ring (bicyclic) bond motifs is 1. The summed E-state index contributed by atoms with van der Waals surface area (Å²) in [7, 11) is 0. The van der Waals surface area contributed by atoms with Gasteiger partial charge >= 0.3 is 0 Å². The highest BCUT2D eigenvalue weighted by Gasteiger charge is 2.02. The van der Waals surface area contributed by atoms with Gasteiger partial charge in [-0.3, -0.25) is 4.98 Å². The first-order valence-corrected chi connectivity index (χ1v) is 5.21. The van der Waals surface area contributed by atoms with Crippen LogP contribution < -0.4 is 0 Å². The van der Waals surface area contributed by atoms with E-state index in [9.17, 15) is 0 Å². The van der Waals surface area contributed by atoms with Crippen molar-refractivity contribution in [3.8, 4) is 6.07 Å². The average molecular weight is 259 g/mol. The van der Waals surface area contributed by atoms with Crippen LogP contribution in [-0.4, -0.2) is 4.98 Å². The third kappa shape index (κ3) is 1.90. The molecule has 0 fully saturated rings. The number of nitriles is 1. The minimum Gasteiger partial charge on any atom is -0.256 e. The van der Waals surface area contributed by atoms with Crippen LogP contribution in [0.5, 0.6) is 0 Å². The Morgan fingerprint density at radius 3 is 3.00 bits per heavy atom. The van der Waals surface area contributed by atoms with Crippen molar-refractivity contribution in [2.45, 2.75) is 0 Å². The summed E-state index contributed by atoms with van der Waals surface area (Å²) in [6, 6.07) is 9.76. The largest absolute Gasteiger partial charge is 0.256 e. The molecule has 2 rings (SSSR count). The Bertz CT molecular complexity index is 567. The molecule has 1 aromatic heterocycles. The lowest BCUT2D eigenvalue weighted by Gasteiger charge is -2.02. The first-order valence-electron chi connectivity index (χ1n) is 4.42. The van der Waals surface area contributed by atoms with Gasteiger partial charge in [-0.05, 0) is 18.2 Å². The molecule has 0 bridgehead atoms. The SMILES string of the molecule is N#C/C=C/c1ccc(Br)c2cccnc12. The Morgan fingerprint density at radius 1 is 1.33 bits per heavy atom. The summed E-state index contributed by atoms with van der Waals surface area (Å²) in [5.41, 5.74) is 1.86. The Morgan fingerprint density at radius 2 is 2.20 bits per heavy atom. The fourth-order valence-electron chi connectivity index (χ4n) is 1.42. The minimum absolute atomic E-state index is 0.901. The Labute approximate surface area is 96.0 Å². The van der Waals surface area contributed by atoms with E-state index in [1.54, 1.807) is 12.3 Å². The molecule has 0 saturated carbocycles. The molecule has 0 aliphatic heterocycles. The molecule has 3 heteroatoms. The molecule has 2 aromatic rings. The normalized spacial score (nSPS) is 10.7. The van der Waals surface area contributed by atoms with Crippen LogP contribution >= 0.6 is 15.9 Å². The van der Waals surface area contributed by atoms with Crippen LogP contribution in [0.2, 0.25) is 0 Å². The molecule has 0 radical (unpaired) electrons. The van der Waals surface area contributed by atoms with E-state index < -0.39 is 0 Å². The molecule has 2 nitrogen and oxygen atoms in total. The number of hydrogen-bond donors (Lipinski definition) is 0. The molecular formula is C12H7BrN2. The van der Waals surface area contributed by atoms with Crippen molar-refractivity contribution in [1.82, 2.24) is 4.98 Å². The highest BCUT2D eigenvalue weighted by molar-refractivity contribution is 9.10. The van der Waals surface area contributed by atoms with Crippen LogP contribution in [0.25, 0.3) is 17.0 Å². The topological polar surface area (TPSA) is 36.7 Å². The van der Waals surface area contributed by atoms with Gasteiger partial charge in [-0.2, -0.15) is 5.26 Å². The summed E-state index contributed by atoms with van der Waals surface area (Å²) in [5, 5.41) is 9.54. The van der Waals surface area contributed by atoms with Crippen LogP contribution in [0.3, 0.4) is 0 Å². The van der Waals surface area contributed by atoms with E-state index in [-0.39, 0.29) is 0 Å². The molecular weight excluding hydrogens is 252 g/mol. The van der Waals surface area contributed by atoms with Crippen LogP contribution in [-0.2, 0) is 0 Å². The quantitative estimate of drug-likeness (QED) is 0.734. The van der Waals surface area contributed by atoms with Crippen molar-refractivity contribution < 1.29 is 0 Å². The minimum atomic E-state index is 0.901. The summed E-state index contributed by atoms with van der Waals surface area (Å²) in [6.07, 6.45) is 4.97. The number of benzene rings is 1. The van der Waals surface area contributed by atoms with Gasteiger partial charge in [-0.25, -0.2) is 0 Å². The van der Waals surface area contributed by atoms with Crippen LogP contribution in [0.4, 0.5) is 0 Å². The molecule has 0 unspecified atom stereocenters. The van der Waals surface area contributed by atoms with E-state index in [1.165, 1.54) is 6.08 Å². The van der Waals surface area contributed by atoms with Gasteiger partial charge in [0.1, 0.15) is 0 Å². The third-order valence-corrected chi connectivity index (χ3v) is 2.78. The smallest absolute Gasteiger partial charge is 0.0912 e. The van der Waals surface area contributed by atoms with Gasteiger partial charge in [-0.1, -0.05) is 28.1 Å². The number of allylic oxidation sites excluding steroid dienone is 1. The fourth-order valence-corrected chi connectivity index (χ4v) is 1.87. The number of nitrogens with zero attached hydrogens (tertiary/aromatic N) is 2. The van der Waals surface area contributed by atoms with Crippen molar-refractivity contribution in [1.29, 1.82) is 5.26 Å². The summed E-state index contributed by atoms with van der Waals surface area (Å²) in [4.78, 5) is 4.30. The maximum atomic E-state index is 8.49. The number of halogens is 1. The summed E-state index contributed by atoms with van der Waals surface area (Å²) >= 11 is 3.47. The number of hydrogen-bond acceptors (Lipinski definition) is 2. The van der Waals surface area contributed by atoms with Gasteiger partial charge in [0, 0.05) is 27.7 Å². The monoisotopic (exact) mass is 258 g/mol. The number of rotatable bonds is 1. The Hall–Kier alpha value is -1.66. The van der Waals surface area contributed by atoms with Crippen LogP contribution in [0.15, 0.2) is 41.0 Å². The van der Waals surface area contributed by atoms with Crippen molar-refractivity contribution in [3.05, 3.63) is 46.6 Å². The molecule has 1 aromatic carbocycles. The highest BCUT2D eigenvalue weighted by Crippen LogP contribution is 2.25. The predicted octanol–water partition coefficient (Wildman–Crippen LogP) is 3.53. The Balaban J connectivity index is 2.73. The molecule has 0 amide bonds. The lowest BCUT2D eigenvalue weighted by molar-refractivity contribution is 1.40. The Kier molecular flexibility index (Phi) is 2.79. The van der Waals surface area contributed by atoms with E-state index in [0.717, 1.165) is 20.9 Å². The number of pyridine rings is 1. The lowest BCUT2D eigenvalue weighted by Crippen LogP contribution is -1.83. The van der Waals surface area contributed by atoms with Crippen molar-refractivity contribution >= 4 is 32.9 Å². The first kappa shape index (κ1) is 9.88. The lowest BCUT2D eigenvalue weighted by atomic mass is 10.1.